The normalized spacial score (nSPS) is 15.7. The van der Waals surface area contributed by atoms with Gasteiger partial charge in [0.2, 0.25) is 0 Å². The van der Waals surface area contributed by atoms with E-state index in [4.69, 9.17) is 11.5 Å². The van der Waals surface area contributed by atoms with E-state index in [0.717, 1.165) is 0 Å². The summed E-state index contributed by atoms with van der Waals surface area (Å²) in [5.74, 6) is -0.545. The first-order valence-electron chi connectivity index (χ1n) is 4.98. The van der Waals surface area contributed by atoms with Crippen molar-refractivity contribution in [3.8, 4) is 0 Å². The van der Waals surface area contributed by atoms with Gasteiger partial charge in [-0.2, -0.15) is 4.99 Å². The molecule has 6 heteroatoms. The number of hydrogen-bond acceptors (Lipinski definition) is 3. The Morgan fingerprint density at radius 3 is 1.69 bits per heavy atom. The van der Waals surface area contributed by atoms with E-state index in [1.807, 2.05) is 0 Å². The summed E-state index contributed by atoms with van der Waals surface area (Å²) in [6, 6.07) is 0. The first-order chi connectivity index (χ1) is 7.06. The van der Waals surface area contributed by atoms with Crippen LogP contribution in [-0.2, 0) is 0 Å². The molecule has 0 bridgehead atoms. The predicted octanol–water partition coefficient (Wildman–Crippen LogP) is 2.39. The average molecular weight is 237 g/mol. The summed E-state index contributed by atoms with van der Waals surface area (Å²) in [6.07, 6.45) is -4.62. The Kier molecular flexibility index (Phi) is 4.83. The minimum atomic E-state index is -4.62. The molecule has 0 saturated heterocycles. The Labute approximate surface area is 93.4 Å². The largest absolute Gasteiger partial charge is 0.503 e. The van der Waals surface area contributed by atoms with Crippen LogP contribution in [0.5, 0.6) is 0 Å². The molecule has 0 aliphatic heterocycles. The van der Waals surface area contributed by atoms with E-state index < -0.39 is 12.2 Å². The lowest BCUT2D eigenvalue weighted by Gasteiger charge is -2.16. The third-order valence-electron chi connectivity index (χ3n) is 2.00. The van der Waals surface area contributed by atoms with Gasteiger partial charge in [0.05, 0.1) is 11.4 Å². The van der Waals surface area contributed by atoms with Crippen LogP contribution in [0.25, 0.3) is 0 Å². The molecule has 0 aromatic carbocycles. The van der Waals surface area contributed by atoms with Crippen LogP contribution < -0.4 is 11.5 Å². The van der Waals surface area contributed by atoms with Crippen molar-refractivity contribution in [3.05, 3.63) is 11.4 Å². The van der Waals surface area contributed by atoms with Crippen LogP contribution in [0.1, 0.15) is 27.7 Å². The highest BCUT2D eigenvalue weighted by atomic mass is 19.4. The minimum Gasteiger partial charge on any atom is -0.400 e. The standard InChI is InChI=1S/C10H18F3N3/c1-5(2)7(14)8(15)9(6(3)4)16-10(11,12)13/h5-6H,14-15H2,1-4H3/b8-7+,16-9+. The number of rotatable bonds is 3. The second-order valence-electron chi connectivity index (χ2n) is 4.14. The average Bonchev–Trinajstić information content (AvgIpc) is 2.09. The summed E-state index contributed by atoms with van der Waals surface area (Å²) in [7, 11) is 0. The highest BCUT2D eigenvalue weighted by Gasteiger charge is 2.29. The first kappa shape index (κ1) is 14.8. The highest BCUT2D eigenvalue weighted by molar-refractivity contribution is 6.01. The fraction of sp³-hybridized carbons (Fsp3) is 0.700. The molecule has 0 amide bonds. The van der Waals surface area contributed by atoms with Crippen molar-refractivity contribution in [2.45, 2.75) is 34.0 Å². The molecule has 0 heterocycles. The Bertz CT molecular complexity index is 301. The quantitative estimate of drug-likeness (QED) is 0.584. The molecule has 0 aliphatic rings. The summed E-state index contributed by atoms with van der Waals surface area (Å²) >= 11 is 0. The van der Waals surface area contributed by atoms with Crippen LogP contribution in [0.4, 0.5) is 13.2 Å². The Morgan fingerprint density at radius 1 is 1.00 bits per heavy atom. The maximum absolute atomic E-state index is 12.2. The molecule has 0 fully saturated rings. The maximum atomic E-state index is 12.2. The number of nitrogens with zero attached hydrogens (tertiary/aromatic N) is 1. The van der Waals surface area contributed by atoms with Crippen LogP contribution in [0, 0.1) is 11.8 Å². The zero-order chi connectivity index (χ0) is 13.1. The smallest absolute Gasteiger partial charge is 0.400 e. The molecular weight excluding hydrogens is 219 g/mol. The number of nitrogens with two attached hydrogens (primary N) is 2. The van der Waals surface area contributed by atoms with Crippen LogP contribution in [0.15, 0.2) is 16.4 Å². The molecule has 0 radical (unpaired) electrons. The van der Waals surface area contributed by atoms with Gasteiger partial charge in [-0.15, -0.1) is 13.2 Å². The number of halogens is 3. The molecule has 4 N–H and O–H groups in total. The van der Waals surface area contributed by atoms with Gasteiger partial charge in [0.1, 0.15) is 0 Å². The lowest BCUT2D eigenvalue weighted by Crippen LogP contribution is -2.26. The van der Waals surface area contributed by atoms with Gasteiger partial charge in [-0.1, -0.05) is 27.7 Å². The van der Waals surface area contributed by atoms with E-state index in [9.17, 15) is 13.2 Å². The Hall–Kier alpha value is -1.20. The molecule has 0 aliphatic carbocycles. The molecule has 0 aromatic heterocycles. The fourth-order valence-electron chi connectivity index (χ4n) is 1.10. The molecule has 3 nitrogen and oxygen atoms in total. The summed E-state index contributed by atoms with van der Waals surface area (Å²) in [4.78, 5) is 2.67. The number of aliphatic imine (C=N–C) groups is 1. The van der Waals surface area contributed by atoms with Gasteiger partial charge in [0, 0.05) is 5.70 Å². The monoisotopic (exact) mass is 237 g/mol. The number of allylic oxidation sites excluding steroid dienone is 2. The topological polar surface area (TPSA) is 64.4 Å². The second kappa shape index (κ2) is 5.23. The van der Waals surface area contributed by atoms with Crippen LogP contribution in [-0.4, -0.2) is 12.0 Å². The van der Waals surface area contributed by atoms with Gasteiger partial charge in [-0.25, -0.2) is 0 Å². The third kappa shape index (κ3) is 4.55. The first-order valence-corrected chi connectivity index (χ1v) is 4.98. The SMILES string of the molecule is CC(C)C(=N\C(F)(F)F)/C(N)=C(\N)C(C)C. The number of hydrogen-bond donors (Lipinski definition) is 2. The minimum absolute atomic E-state index is 0.0673. The van der Waals surface area contributed by atoms with Crippen molar-refractivity contribution in [2.75, 3.05) is 0 Å². The third-order valence-corrected chi connectivity index (χ3v) is 2.00. The van der Waals surface area contributed by atoms with Crippen molar-refractivity contribution in [2.24, 2.45) is 28.3 Å². The highest BCUT2D eigenvalue weighted by Crippen LogP contribution is 2.21. The zero-order valence-electron chi connectivity index (χ0n) is 9.89. The predicted molar refractivity (Wildman–Crippen MR) is 58.6 cm³/mol. The molecule has 0 saturated carbocycles. The van der Waals surface area contributed by atoms with Crippen molar-refractivity contribution in [3.63, 3.8) is 0 Å². The van der Waals surface area contributed by atoms with Gasteiger partial charge in [-0.05, 0) is 11.8 Å². The second-order valence-corrected chi connectivity index (χ2v) is 4.14. The Morgan fingerprint density at radius 2 is 1.44 bits per heavy atom. The molecule has 94 valence electrons. The van der Waals surface area contributed by atoms with Gasteiger partial charge in [0.25, 0.3) is 0 Å². The van der Waals surface area contributed by atoms with E-state index in [1.54, 1.807) is 27.7 Å². The van der Waals surface area contributed by atoms with E-state index in [-0.39, 0.29) is 23.0 Å². The van der Waals surface area contributed by atoms with Gasteiger partial charge < -0.3 is 11.5 Å². The summed E-state index contributed by atoms with van der Waals surface area (Å²) < 4.78 is 36.6. The molecule has 16 heavy (non-hydrogen) atoms. The van der Waals surface area contributed by atoms with E-state index in [0.29, 0.717) is 0 Å². The maximum Gasteiger partial charge on any atom is 0.503 e. The van der Waals surface area contributed by atoms with Crippen molar-refractivity contribution >= 4 is 5.71 Å². The molecule has 0 atom stereocenters. The Balaban J connectivity index is 5.42. The molecule has 0 rings (SSSR count). The van der Waals surface area contributed by atoms with Gasteiger partial charge in [-0.3, -0.25) is 0 Å². The van der Waals surface area contributed by atoms with E-state index in [1.165, 1.54) is 0 Å². The summed E-state index contributed by atoms with van der Waals surface area (Å²) in [6.45, 7) is 6.69. The van der Waals surface area contributed by atoms with Crippen LogP contribution in [0.2, 0.25) is 0 Å². The molecule has 0 aromatic rings. The van der Waals surface area contributed by atoms with E-state index in [2.05, 4.69) is 4.99 Å². The van der Waals surface area contributed by atoms with Crippen molar-refractivity contribution in [1.82, 2.24) is 0 Å². The summed E-state index contributed by atoms with van der Waals surface area (Å²) in [5.41, 5.74) is 11.2. The van der Waals surface area contributed by atoms with Crippen molar-refractivity contribution in [1.29, 1.82) is 0 Å². The van der Waals surface area contributed by atoms with Crippen LogP contribution >= 0.6 is 0 Å². The van der Waals surface area contributed by atoms with Gasteiger partial charge in [0.15, 0.2) is 0 Å². The van der Waals surface area contributed by atoms with Gasteiger partial charge >= 0.3 is 6.30 Å². The lowest BCUT2D eigenvalue weighted by molar-refractivity contribution is -0.119. The molecule has 0 unspecified atom stereocenters. The zero-order valence-corrected chi connectivity index (χ0v) is 9.89. The fourth-order valence-corrected chi connectivity index (χ4v) is 1.10. The number of alkyl halides is 3. The lowest BCUT2D eigenvalue weighted by atomic mass is 10.00. The molecular formula is C10H18F3N3. The van der Waals surface area contributed by atoms with E-state index >= 15 is 0 Å². The van der Waals surface area contributed by atoms with Crippen molar-refractivity contribution < 1.29 is 13.2 Å². The summed E-state index contributed by atoms with van der Waals surface area (Å²) in [5, 5.41) is 0. The molecule has 0 spiro atoms. The van der Waals surface area contributed by atoms with Crippen LogP contribution in [0.3, 0.4) is 0 Å².